The molecule has 0 atom stereocenters. The predicted molar refractivity (Wildman–Crippen MR) is 83.3 cm³/mol. The van der Waals surface area contributed by atoms with E-state index in [0.29, 0.717) is 20.6 Å². The summed E-state index contributed by atoms with van der Waals surface area (Å²) in [5.41, 5.74) is -0.0384. The molecule has 0 unspecified atom stereocenters. The quantitative estimate of drug-likeness (QED) is 0.356. The first kappa shape index (κ1) is 14.6. The van der Waals surface area contributed by atoms with E-state index in [4.69, 9.17) is 4.74 Å². The Balaban J connectivity index is 2.42. The Bertz CT molecular complexity index is 631. The molecule has 0 saturated heterocycles. The van der Waals surface area contributed by atoms with Crippen molar-refractivity contribution in [3.8, 4) is 11.6 Å². The topological polar surface area (TPSA) is 78.2 Å². The van der Waals surface area contributed by atoms with E-state index in [0.717, 1.165) is 3.57 Å². The van der Waals surface area contributed by atoms with Gasteiger partial charge in [0.25, 0.3) is 5.69 Å². The third kappa shape index (κ3) is 3.39. The van der Waals surface area contributed by atoms with Gasteiger partial charge in [0.2, 0.25) is 5.88 Å². The van der Waals surface area contributed by atoms with Gasteiger partial charge < -0.3 is 4.74 Å². The summed E-state index contributed by atoms with van der Waals surface area (Å²) in [7, 11) is 0. The highest BCUT2D eigenvalue weighted by molar-refractivity contribution is 14.1. The Kier molecular flexibility index (Phi) is 4.68. The van der Waals surface area contributed by atoms with Gasteiger partial charge in [0, 0.05) is 18.3 Å². The van der Waals surface area contributed by atoms with Crippen molar-refractivity contribution in [2.75, 3.05) is 0 Å². The van der Waals surface area contributed by atoms with Crippen LogP contribution in [0.25, 0.3) is 0 Å². The van der Waals surface area contributed by atoms with Gasteiger partial charge >= 0.3 is 0 Å². The number of rotatable bonds is 3. The van der Waals surface area contributed by atoms with Gasteiger partial charge in [-0.15, -0.1) is 0 Å². The van der Waals surface area contributed by atoms with Crippen molar-refractivity contribution < 1.29 is 9.66 Å². The maximum atomic E-state index is 10.7. The highest BCUT2D eigenvalue weighted by Gasteiger charge is 2.17. The smallest absolute Gasteiger partial charge is 0.271 e. The van der Waals surface area contributed by atoms with Crippen molar-refractivity contribution in [1.29, 1.82) is 0 Å². The molecule has 1 aromatic heterocycles. The molecule has 6 nitrogen and oxygen atoms in total. The molecule has 98 valence electrons. The van der Waals surface area contributed by atoms with Crippen molar-refractivity contribution in [2.24, 2.45) is 0 Å². The summed E-state index contributed by atoms with van der Waals surface area (Å²) in [6.07, 6.45) is 2.97. The molecule has 0 radical (unpaired) electrons. The minimum absolute atomic E-state index is 0.0384. The average molecular weight is 501 g/mol. The van der Waals surface area contributed by atoms with Crippen LogP contribution < -0.4 is 4.74 Å². The standard InChI is InChI=1S/C10H4Br2IN3O3/c11-6-1-5(16(17)18)2-7(12)9(6)19-10-8(13)3-14-4-15-10/h1-4H. The fraction of sp³-hybridized carbons (Fsp3) is 0. The first-order valence-corrected chi connectivity index (χ1v) is 7.42. The average Bonchev–Trinajstić information content (AvgIpc) is 2.35. The molecule has 0 aliphatic heterocycles. The lowest BCUT2D eigenvalue weighted by Crippen LogP contribution is -1.95. The monoisotopic (exact) mass is 499 g/mol. The molecule has 0 saturated carbocycles. The summed E-state index contributed by atoms with van der Waals surface area (Å²) in [6, 6.07) is 2.74. The van der Waals surface area contributed by atoms with Crippen LogP contribution in [0.2, 0.25) is 0 Å². The number of nitro groups is 1. The zero-order valence-electron chi connectivity index (χ0n) is 9.01. The molecule has 0 amide bonds. The van der Waals surface area contributed by atoms with Gasteiger partial charge in [0.05, 0.1) is 17.4 Å². The molecule has 0 bridgehead atoms. The molecule has 0 aliphatic carbocycles. The van der Waals surface area contributed by atoms with Gasteiger partial charge in [-0.3, -0.25) is 10.1 Å². The van der Waals surface area contributed by atoms with E-state index in [1.54, 1.807) is 6.20 Å². The summed E-state index contributed by atoms with van der Waals surface area (Å²) in [6.45, 7) is 0. The maximum Gasteiger partial charge on any atom is 0.271 e. The van der Waals surface area contributed by atoms with E-state index in [9.17, 15) is 10.1 Å². The molecule has 0 N–H and O–H groups in total. The summed E-state index contributed by atoms with van der Waals surface area (Å²) < 4.78 is 7.29. The molecule has 1 heterocycles. The zero-order chi connectivity index (χ0) is 14.0. The van der Waals surface area contributed by atoms with Gasteiger partial charge in [-0.2, -0.15) is 0 Å². The number of nitrogens with zero attached hydrogens (tertiary/aromatic N) is 3. The molecule has 0 fully saturated rings. The Morgan fingerprint density at radius 3 is 2.47 bits per heavy atom. The fourth-order valence-electron chi connectivity index (χ4n) is 1.22. The zero-order valence-corrected chi connectivity index (χ0v) is 14.3. The van der Waals surface area contributed by atoms with Crippen LogP contribution in [0.3, 0.4) is 0 Å². The first-order valence-electron chi connectivity index (χ1n) is 4.76. The van der Waals surface area contributed by atoms with Crippen molar-refractivity contribution in [1.82, 2.24) is 9.97 Å². The van der Waals surface area contributed by atoms with E-state index < -0.39 is 4.92 Å². The molecule has 9 heteroatoms. The van der Waals surface area contributed by atoms with Crippen molar-refractivity contribution in [3.05, 3.63) is 47.3 Å². The number of benzene rings is 1. The summed E-state index contributed by atoms with van der Waals surface area (Å²) in [5.74, 6) is 0.799. The van der Waals surface area contributed by atoms with Gasteiger partial charge in [-0.25, -0.2) is 9.97 Å². The molecular weight excluding hydrogens is 497 g/mol. The normalized spacial score (nSPS) is 10.3. The van der Waals surface area contributed by atoms with E-state index in [1.807, 2.05) is 22.6 Å². The van der Waals surface area contributed by atoms with E-state index in [1.165, 1.54) is 18.5 Å². The van der Waals surface area contributed by atoms with Crippen molar-refractivity contribution in [2.45, 2.75) is 0 Å². The van der Waals surface area contributed by atoms with E-state index in [-0.39, 0.29) is 5.69 Å². The minimum atomic E-state index is -0.478. The number of ether oxygens (including phenoxy) is 1. The Hall–Kier alpha value is -0.810. The predicted octanol–water partition coefficient (Wildman–Crippen LogP) is 4.31. The van der Waals surface area contributed by atoms with Gasteiger partial charge in [0.15, 0.2) is 5.75 Å². The number of aromatic nitrogens is 2. The first-order chi connectivity index (χ1) is 8.99. The van der Waals surface area contributed by atoms with Gasteiger partial charge in [0.1, 0.15) is 6.33 Å². The third-order valence-corrected chi connectivity index (χ3v) is 3.94. The summed E-state index contributed by atoms with van der Waals surface area (Å²) >= 11 is 8.53. The number of non-ortho nitro benzene ring substituents is 1. The molecular formula is C10H4Br2IN3O3. The largest absolute Gasteiger partial charge is 0.435 e. The van der Waals surface area contributed by atoms with Crippen LogP contribution in [0.5, 0.6) is 11.6 Å². The number of hydrogen-bond donors (Lipinski definition) is 0. The number of nitro benzene ring substituents is 1. The number of halogens is 3. The van der Waals surface area contributed by atoms with E-state index in [2.05, 4.69) is 41.8 Å². The third-order valence-electron chi connectivity index (χ3n) is 2.03. The Morgan fingerprint density at radius 1 is 1.32 bits per heavy atom. The Labute approximate surface area is 138 Å². The second-order valence-electron chi connectivity index (χ2n) is 3.27. The lowest BCUT2D eigenvalue weighted by atomic mass is 10.3. The maximum absolute atomic E-state index is 10.7. The fourth-order valence-corrected chi connectivity index (χ4v) is 2.96. The lowest BCUT2D eigenvalue weighted by molar-refractivity contribution is -0.385. The van der Waals surface area contributed by atoms with E-state index >= 15 is 0 Å². The number of hydrogen-bond acceptors (Lipinski definition) is 5. The molecule has 0 spiro atoms. The van der Waals surface area contributed by atoms with Crippen LogP contribution in [-0.2, 0) is 0 Å². The van der Waals surface area contributed by atoms with Crippen LogP contribution in [0.1, 0.15) is 0 Å². The molecule has 1 aromatic carbocycles. The highest BCUT2D eigenvalue weighted by Crippen LogP contribution is 2.39. The summed E-state index contributed by atoms with van der Waals surface area (Å²) in [4.78, 5) is 18.1. The molecule has 2 aromatic rings. The van der Waals surface area contributed by atoms with Crippen LogP contribution in [0.4, 0.5) is 5.69 Å². The van der Waals surface area contributed by atoms with Crippen LogP contribution >= 0.6 is 54.5 Å². The second kappa shape index (κ2) is 6.09. The minimum Gasteiger partial charge on any atom is -0.435 e. The molecule has 0 aliphatic rings. The molecule has 2 rings (SSSR count). The van der Waals surface area contributed by atoms with Gasteiger partial charge in [-0.05, 0) is 54.5 Å². The van der Waals surface area contributed by atoms with Crippen LogP contribution in [0.15, 0.2) is 33.6 Å². The van der Waals surface area contributed by atoms with Crippen molar-refractivity contribution in [3.63, 3.8) is 0 Å². The van der Waals surface area contributed by atoms with Crippen LogP contribution in [-0.4, -0.2) is 14.9 Å². The highest BCUT2D eigenvalue weighted by atomic mass is 127. The van der Waals surface area contributed by atoms with Crippen LogP contribution in [0, 0.1) is 13.7 Å². The summed E-state index contributed by atoms with van der Waals surface area (Å²) in [5, 5.41) is 10.7. The molecule has 19 heavy (non-hydrogen) atoms. The second-order valence-corrected chi connectivity index (χ2v) is 6.14. The lowest BCUT2D eigenvalue weighted by Gasteiger charge is -2.09. The SMILES string of the molecule is O=[N+]([O-])c1cc(Br)c(Oc2ncncc2I)c(Br)c1. The van der Waals surface area contributed by atoms with Gasteiger partial charge in [-0.1, -0.05) is 0 Å². The Morgan fingerprint density at radius 2 is 1.95 bits per heavy atom. The van der Waals surface area contributed by atoms with Crippen molar-refractivity contribution >= 4 is 60.1 Å².